The van der Waals surface area contributed by atoms with Crippen LogP contribution in [-0.2, 0) is 16.0 Å². The largest absolute Gasteiger partial charge is 0.325 e. The van der Waals surface area contributed by atoms with E-state index < -0.39 is 6.04 Å². The predicted molar refractivity (Wildman–Crippen MR) is 127 cm³/mol. The number of amides is 2. The van der Waals surface area contributed by atoms with Crippen molar-refractivity contribution in [3.8, 4) is 11.1 Å². The van der Waals surface area contributed by atoms with Crippen molar-refractivity contribution in [3.63, 3.8) is 0 Å². The SMILES string of the molecule is CCc1nn2c(c1-c1ccc(C)cc1)NC(=O)C2CC(=O)Nc1cccc2ccccc12. The van der Waals surface area contributed by atoms with Crippen LogP contribution in [0.4, 0.5) is 11.5 Å². The lowest BCUT2D eigenvalue weighted by Gasteiger charge is -2.12. The van der Waals surface area contributed by atoms with Gasteiger partial charge in [-0.2, -0.15) is 5.10 Å². The van der Waals surface area contributed by atoms with Gasteiger partial charge in [0.1, 0.15) is 11.9 Å². The van der Waals surface area contributed by atoms with E-state index in [0.717, 1.165) is 39.7 Å². The number of benzene rings is 3. The van der Waals surface area contributed by atoms with Crippen LogP contribution >= 0.6 is 0 Å². The van der Waals surface area contributed by atoms with Crippen LogP contribution in [0.2, 0.25) is 0 Å². The maximum Gasteiger partial charge on any atom is 0.251 e. The third-order valence-corrected chi connectivity index (χ3v) is 5.94. The average molecular weight is 425 g/mol. The van der Waals surface area contributed by atoms with Gasteiger partial charge in [-0.15, -0.1) is 0 Å². The summed E-state index contributed by atoms with van der Waals surface area (Å²) in [7, 11) is 0. The van der Waals surface area contributed by atoms with Crippen LogP contribution in [0.25, 0.3) is 21.9 Å². The number of hydrogen-bond acceptors (Lipinski definition) is 3. The van der Waals surface area contributed by atoms with Gasteiger partial charge in [0.25, 0.3) is 5.91 Å². The van der Waals surface area contributed by atoms with Crippen molar-refractivity contribution >= 4 is 34.1 Å². The van der Waals surface area contributed by atoms with Gasteiger partial charge in [-0.1, -0.05) is 73.2 Å². The normalized spacial score (nSPS) is 14.9. The zero-order chi connectivity index (χ0) is 22.2. The minimum absolute atomic E-state index is 0.0141. The van der Waals surface area contributed by atoms with Crippen LogP contribution in [0.3, 0.4) is 0 Å². The van der Waals surface area contributed by atoms with Gasteiger partial charge < -0.3 is 10.6 Å². The summed E-state index contributed by atoms with van der Waals surface area (Å²) in [6, 6.07) is 21.2. The highest BCUT2D eigenvalue weighted by Gasteiger charge is 2.36. The van der Waals surface area contributed by atoms with E-state index in [0.29, 0.717) is 5.82 Å². The van der Waals surface area contributed by atoms with Gasteiger partial charge in [-0.25, -0.2) is 4.68 Å². The molecule has 3 aromatic carbocycles. The number of carbonyl (C=O) groups excluding carboxylic acids is 2. The van der Waals surface area contributed by atoms with E-state index >= 15 is 0 Å². The molecule has 0 fully saturated rings. The molecular formula is C26H24N4O2. The molecule has 2 heterocycles. The molecule has 6 nitrogen and oxygen atoms in total. The quantitative estimate of drug-likeness (QED) is 0.468. The lowest BCUT2D eigenvalue weighted by Crippen LogP contribution is -2.24. The van der Waals surface area contributed by atoms with Crippen molar-refractivity contribution in [1.29, 1.82) is 0 Å². The molecule has 0 aliphatic carbocycles. The number of carbonyl (C=O) groups is 2. The van der Waals surface area contributed by atoms with Crippen LogP contribution in [0.5, 0.6) is 0 Å². The molecule has 1 aliphatic heterocycles. The van der Waals surface area contributed by atoms with Gasteiger partial charge >= 0.3 is 0 Å². The average Bonchev–Trinajstić information content (AvgIpc) is 3.30. The zero-order valence-electron chi connectivity index (χ0n) is 18.1. The maximum absolute atomic E-state index is 12.9. The van der Waals surface area contributed by atoms with E-state index in [-0.39, 0.29) is 18.2 Å². The highest BCUT2D eigenvalue weighted by atomic mass is 16.2. The molecule has 32 heavy (non-hydrogen) atoms. The Labute approximate surface area is 186 Å². The second kappa shape index (κ2) is 7.96. The molecule has 2 N–H and O–H groups in total. The summed E-state index contributed by atoms with van der Waals surface area (Å²) in [5.74, 6) is 0.232. The van der Waals surface area contributed by atoms with Gasteiger partial charge in [0.15, 0.2) is 0 Å². The van der Waals surface area contributed by atoms with Crippen molar-refractivity contribution in [2.24, 2.45) is 0 Å². The second-order valence-electron chi connectivity index (χ2n) is 8.12. The fourth-order valence-corrected chi connectivity index (χ4v) is 4.30. The van der Waals surface area contributed by atoms with Gasteiger partial charge in [0.05, 0.1) is 12.1 Å². The molecule has 0 radical (unpaired) electrons. The Hall–Kier alpha value is -3.93. The summed E-state index contributed by atoms with van der Waals surface area (Å²) in [5, 5.41) is 12.7. The Morgan fingerprint density at radius 3 is 2.59 bits per heavy atom. The number of aryl methyl sites for hydroxylation is 2. The first-order valence-corrected chi connectivity index (χ1v) is 10.8. The summed E-state index contributed by atoms with van der Waals surface area (Å²) in [6.07, 6.45) is 0.744. The number of hydrogen-bond donors (Lipinski definition) is 2. The molecule has 1 aromatic heterocycles. The zero-order valence-corrected chi connectivity index (χ0v) is 18.1. The summed E-state index contributed by atoms with van der Waals surface area (Å²) in [5.41, 5.74) is 4.75. The van der Waals surface area contributed by atoms with E-state index in [1.54, 1.807) is 4.68 Å². The Bertz CT molecular complexity index is 1330. The lowest BCUT2D eigenvalue weighted by molar-refractivity contribution is -0.123. The molecule has 1 atom stereocenters. The van der Waals surface area contributed by atoms with Crippen LogP contribution in [0, 0.1) is 6.92 Å². The van der Waals surface area contributed by atoms with E-state index in [9.17, 15) is 9.59 Å². The molecule has 0 spiro atoms. The number of fused-ring (bicyclic) bond motifs is 2. The molecule has 2 amide bonds. The Kier molecular flexibility index (Phi) is 4.98. The molecule has 1 unspecified atom stereocenters. The Morgan fingerprint density at radius 1 is 1.06 bits per heavy atom. The van der Waals surface area contributed by atoms with E-state index in [1.807, 2.05) is 80.6 Å². The first-order chi connectivity index (χ1) is 15.5. The third kappa shape index (κ3) is 3.43. The Morgan fingerprint density at radius 2 is 1.81 bits per heavy atom. The maximum atomic E-state index is 12.9. The van der Waals surface area contributed by atoms with Crippen molar-refractivity contribution < 1.29 is 9.59 Å². The summed E-state index contributed by atoms with van der Waals surface area (Å²) in [4.78, 5) is 25.7. The van der Waals surface area contributed by atoms with Crippen molar-refractivity contribution in [2.45, 2.75) is 32.7 Å². The Balaban J connectivity index is 1.43. The van der Waals surface area contributed by atoms with Gasteiger partial charge in [-0.05, 0) is 30.4 Å². The number of anilines is 2. The molecule has 5 rings (SSSR count). The number of nitrogens with one attached hydrogen (secondary N) is 2. The van der Waals surface area contributed by atoms with E-state index in [1.165, 1.54) is 5.56 Å². The molecular weight excluding hydrogens is 400 g/mol. The van der Waals surface area contributed by atoms with Crippen LogP contribution in [0.15, 0.2) is 66.7 Å². The monoisotopic (exact) mass is 424 g/mol. The number of rotatable bonds is 5. The fourth-order valence-electron chi connectivity index (χ4n) is 4.30. The highest BCUT2D eigenvalue weighted by Crippen LogP contribution is 2.39. The molecule has 6 heteroatoms. The molecule has 0 saturated carbocycles. The summed E-state index contributed by atoms with van der Waals surface area (Å²) < 4.78 is 1.68. The van der Waals surface area contributed by atoms with Crippen molar-refractivity contribution in [3.05, 3.63) is 78.0 Å². The standard InChI is InChI=1S/C26H24N4O2/c1-3-20-24(18-13-11-16(2)12-14-18)25-28-26(32)22(30(25)29-20)15-23(31)27-21-10-6-8-17-7-4-5-9-19(17)21/h4-14,22H,3,15H2,1-2H3,(H,27,31)(H,28,32). The molecule has 160 valence electrons. The third-order valence-electron chi connectivity index (χ3n) is 5.94. The van der Waals surface area contributed by atoms with Crippen LogP contribution < -0.4 is 10.6 Å². The van der Waals surface area contributed by atoms with E-state index in [4.69, 9.17) is 5.10 Å². The minimum Gasteiger partial charge on any atom is -0.325 e. The molecule has 4 aromatic rings. The van der Waals surface area contributed by atoms with Crippen LogP contribution in [-0.4, -0.2) is 21.6 Å². The van der Waals surface area contributed by atoms with Crippen LogP contribution in [0.1, 0.15) is 30.6 Å². The number of nitrogens with zero attached hydrogens (tertiary/aromatic N) is 2. The lowest BCUT2D eigenvalue weighted by atomic mass is 10.0. The van der Waals surface area contributed by atoms with Crippen molar-refractivity contribution in [1.82, 2.24) is 9.78 Å². The summed E-state index contributed by atoms with van der Waals surface area (Å²) in [6.45, 7) is 4.08. The first kappa shape index (κ1) is 20.0. The van der Waals surface area contributed by atoms with E-state index in [2.05, 4.69) is 10.6 Å². The minimum atomic E-state index is -0.676. The summed E-state index contributed by atoms with van der Waals surface area (Å²) >= 11 is 0. The highest BCUT2D eigenvalue weighted by molar-refractivity contribution is 6.06. The molecule has 1 aliphatic rings. The topological polar surface area (TPSA) is 76.0 Å². The van der Waals surface area contributed by atoms with Gasteiger partial charge in [-0.3, -0.25) is 9.59 Å². The predicted octanol–water partition coefficient (Wildman–Crippen LogP) is 5.10. The molecule has 0 saturated heterocycles. The number of aromatic nitrogens is 2. The van der Waals surface area contributed by atoms with Gasteiger partial charge in [0.2, 0.25) is 5.91 Å². The first-order valence-electron chi connectivity index (χ1n) is 10.8. The molecule has 0 bridgehead atoms. The van der Waals surface area contributed by atoms with Crippen molar-refractivity contribution in [2.75, 3.05) is 10.6 Å². The van der Waals surface area contributed by atoms with Gasteiger partial charge in [0, 0.05) is 16.6 Å². The smallest absolute Gasteiger partial charge is 0.251 e. The fraction of sp³-hybridized carbons (Fsp3) is 0.192. The second-order valence-corrected chi connectivity index (χ2v) is 8.12.